The molecule has 5 heteroatoms. The molecule has 0 spiro atoms. The molecule has 4 rings (SSSR count). The average Bonchev–Trinajstić information content (AvgIpc) is 2.68. The molecule has 5 nitrogen and oxygen atoms in total. The molecule has 0 amide bonds. The minimum absolute atomic E-state index is 0.167. The normalized spacial score (nSPS) is 10.8. The molecule has 4 aromatic rings. The highest BCUT2D eigenvalue weighted by Gasteiger charge is 2.08. The Bertz CT molecular complexity index is 1090. The Kier molecular flexibility index (Phi) is 3.74. The Labute approximate surface area is 144 Å². The highest BCUT2D eigenvalue weighted by molar-refractivity contribution is 5.85. The maximum Gasteiger partial charge on any atom is 0.259 e. The summed E-state index contributed by atoms with van der Waals surface area (Å²) in [5, 5.41) is 0.556. The van der Waals surface area contributed by atoms with Gasteiger partial charge in [0.25, 0.3) is 5.56 Å². The standard InChI is InChI=1S/C20H15N3O2/c1-25-16-7-4-13(5-8-16)14-6-9-18-17(11-14)20(24)23-19(22-18)15-3-2-10-21-12-15/h2-12H,1H3,(H,22,23,24). The zero-order chi connectivity index (χ0) is 17.2. The van der Waals surface area contributed by atoms with Crippen molar-refractivity contribution in [1.29, 1.82) is 0 Å². The second-order valence-electron chi connectivity index (χ2n) is 5.62. The number of H-pyrrole nitrogens is 1. The fourth-order valence-electron chi connectivity index (χ4n) is 2.74. The SMILES string of the molecule is COc1ccc(-c2ccc3nc(-c4cccnc4)[nH]c(=O)c3c2)cc1. The Morgan fingerprint density at radius 1 is 0.960 bits per heavy atom. The number of benzene rings is 2. The summed E-state index contributed by atoms with van der Waals surface area (Å²) in [6, 6.07) is 17.1. The summed E-state index contributed by atoms with van der Waals surface area (Å²) in [6.45, 7) is 0. The summed E-state index contributed by atoms with van der Waals surface area (Å²) in [7, 11) is 1.64. The number of methoxy groups -OCH3 is 1. The first-order valence-corrected chi connectivity index (χ1v) is 7.83. The Balaban J connectivity index is 1.81. The van der Waals surface area contributed by atoms with Gasteiger partial charge in [0.2, 0.25) is 0 Å². The van der Waals surface area contributed by atoms with Gasteiger partial charge in [-0.1, -0.05) is 18.2 Å². The van der Waals surface area contributed by atoms with Crippen LogP contribution in [0.1, 0.15) is 0 Å². The minimum atomic E-state index is -0.167. The van der Waals surface area contributed by atoms with E-state index in [-0.39, 0.29) is 5.56 Å². The van der Waals surface area contributed by atoms with E-state index in [1.807, 2.05) is 54.6 Å². The zero-order valence-corrected chi connectivity index (χ0v) is 13.6. The van der Waals surface area contributed by atoms with Crippen LogP contribution in [0.3, 0.4) is 0 Å². The van der Waals surface area contributed by atoms with Crippen molar-refractivity contribution in [3.63, 3.8) is 0 Å². The van der Waals surface area contributed by atoms with Crippen LogP contribution in [0.25, 0.3) is 33.4 Å². The first-order valence-electron chi connectivity index (χ1n) is 7.83. The van der Waals surface area contributed by atoms with Crippen LogP contribution < -0.4 is 10.3 Å². The highest BCUT2D eigenvalue weighted by atomic mass is 16.5. The van der Waals surface area contributed by atoms with Gasteiger partial charge in [-0.05, 0) is 47.5 Å². The molecule has 0 aliphatic rings. The topological polar surface area (TPSA) is 67.9 Å². The van der Waals surface area contributed by atoms with E-state index in [2.05, 4.69) is 15.0 Å². The van der Waals surface area contributed by atoms with Crippen molar-refractivity contribution >= 4 is 10.9 Å². The monoisotopic (exact) mass is 329 g/mol. The number of aromatic nitrogens is 3. The number of ether oxygens (including phenoxy) is 1. The van der Waals surface area contributed by atoms with Crippen LogP contribution in [0.2, 0.25) is 0 Å². The molecule has 1 N–H and O–H groups in total. The summed E-state index contributed by atoms with van der Waals surface area (Å²) < 4.78 is 5.18. The predicted molar refractivity (Wildman–Crippen MR) is 97.6 cm³/mol. The third-order valence-electron chi connectivity index (χ3n) is 4.06. The first kappa shape index (κ1) is 15.1. The van der Waals surface area contributed by atoms with Gasteiger partial charge in [0.15, 0.2) is 0 Å². The van der Waals surface area contributed by atoms with Crippen molar-refractivity contribution in [3.8, 4) is 28.3 Å². The molecule has 0 saturated heterocycles. The van der Waals surface area contributed by atoms with Gasteiger partial charge < -0.3 is 9.72 Å². The van der Waals surface area contributed by atoms with Gasteiger partial charge in [-0.25, -0.2) is 4.98 Å². The quantitative estimate of drug-likeness (QED) is 0.623. The molecule has 0 radical (unpaired) electrons. The molecule has 0 bridgehead atoms. The third kappa shape index (κ3) is 2.87. The number of rotatable bonds is 3. The lowest BCUT2D eigenvalue weighted by Gasteiger charge is -2.06. The molecule has 2 aromatic heterocycles. The number of pyridine rings is 1. The van der Waals surface area contributed by atoms with Crippen LogP contribution >= 0.6 is 0 Å². The smallest absolute Gasteiger partial charge is 0.259 e. The fraction of sp³-hybridized carbons (Fsp3) is 0.0500. The first-order chi connectivity index (χ1) is 12.2. The Morgan fingerprint density at radius 3 is 2.48 bits per heavy atom. The lowest BCUT2D eigenvalue weighted by Crippen LogP contribution is -2.09. The third-order valence-corrected chi connectivity index (χ3v) is 4.06. The average molecular weight is 329 g/mol. The van der Waals surface area contributed by atoms with E-state index in [1.165, 1.54) is 0 Å². The second kappa shape index (κ2) is 6.20. The molecule has 0 fully saturated rings. The van der Waals surface area contributed by atoms with Crippen LogP contribution in [0.5, 0.6) is 5.75 Å². The van der Waals surface area contributed by atoms with E-state index in [4.69, 9.17) is 4.74 Å². The maximum atomic E-state index is 12.5. The fourth-order valence-corrected chi connectivity index (χ4v) is 2.74. The lowest BCUT2D eigenvalue weighted by atomic mass is 10.0. The van der Waals surface area contributed by atoms with E-state index in [0.717, 1.165) is 22.4 Å². The zero-order valence-electron chi connectivity index (χ0n) is 13.6. The van der Waals surface area contributed by atoms with E-state index in [0.29, 0.717) is 16.7 Å². The molecule has 25 heavy (non-hydrogen) atoms. The molecule has 122 valence electrons. The predicted octanol–water partition coefficient (Wildman–Crippen LogP) is 3.66. The van der Waals surface area contributed by atoms with Gasteiger partial charge >= 0.3 is 0 Å². The lowest BCUT2D eigenvalue weighted by molar-refractivity contribution is 0.415. The summed E-state index contributed by atoms with van der Waals surface area (Å²) in [5.41, 5.74) is 3.23. The number of fused-ring (bicyclic) bond motifs is 1. The van der Waals surface area contributed by atoms with E-state index >= 15 is 0 Å². The molecule has 0 atom stereocenters. The number of hydrogen-bond acceptors (Lipinski definition) is 4. The van der Waals surface area contributed by atoms with Gasteiger partial charge in [-0.2, -0.15) is 0 Å². The molecule has 0 aliphatic heterocycles. The van der Waals surface area contributed by atoms with Crippen LogP contribution in [0.4, 0.5) is 0 Å². The largest absolute Gasteiger partial charge is 0.497 e. The molecular formula is C20H15N3O2. The van der Waals surface area contributed by atoms with Gasteiger partial charge in [-0.15, -0.1) is 0 Å². The number of nitrogens with one attached hydrogen (secondary N) is 1. The van der Waals surface area contributed by atoms with Crippen molar-refractivity contribution in [2.45, 2.75) is 0 Å². The van der Waals surface area contributed by atoms with Crippen LogP contribution in [0, 0.1) is 0 Å². The number of aromatic amines is 1. The number of nitrogens with zero attached hydrogens (tertiary/aromatic N) is 2. The van der Waals surface area contributed by atoms with Crippen LogP contribution in [-0.4, -0.2) is 22.1 Å². The summed E-state index contributed by atoms with van der Waals surface area (Å²) in [4.78, 5) is 24.0. The van der Waals surface area contributed by atoms with Gasteiger partial charge in [0, 0.05) is 18.0 Å². The van der Waals surface area contributed by atoms with E-state index < -0.39 is 0 Å². The van der Waals surface area contributed by atoms with Crippen LogP contribution in [0.15, 0.2) is 71.8 Å². The van der Waals surface area contributed by atoms with Crippen molar-refractivity contribution in [1.82, 2.24) is 15.0 Å². The second-order valence-corrected chi connectivity index (χ2v) is 5.62. The van der Waals surface area contributed by atoms with Gasteiger partial charge in [-0.3, -0.25) is 9.78 Å². The van der Waals surface area contributed by atoms with Crippen molar-refractivity contribution in [2.75, 3.05) is 7.11 Å². The van der Waals surface area contributed by atoms with Crippen LogP contribution in [-0.2, 0) is 0 Å². The van der Waals surface area contributed by atoms with Crippen molar-refractivity contribution < 1.29 is 4.74 Å². The molecule has 2 heterocycles. The van der Waals surface area contributed by atoms with Crippen molar-refractivity contribution in [2.24, 2.45) is 0 Å². The van der Waals surface area contributed by atoms with E-state index in [9.17, 15) is 4.79 Å². The molecule has 0 unspecified atom stereocenters. The molecule has 0 saturated carbocycles. The summed E-state index contributed by atoms with van der Waals surface area (Å²) in [5.74, 6) is 1.31. The van der Waals surface area contributed by atoms with Gasteiger partial charge in [0.1, 0.15) is 11.6 Å². The summed E-state index contributed by atoms with van der Waals surface area (Å²) in [6.07, 6.45) is 3.36. The minimum Gasteiger partial charge on any atom is -0.497 e. The summed E-state index contributed by atoms with van der Waals surface area (Å²) >= 11 is 0. The van der Waals surface area contributed by atoms with E-state index in [1.54, 1.807) is 19.5 Å². The van der Waals surface area contributed by atoms with Crippen molar-refractivity contribution in [3.05, 3.63) is 77.3 Å². The molecular weight excluding hydrogens is 314 g/mol. The maximum absolute atomic E-state index is 12.5. The highest BCUT2D eigenvalue weighted by Crippen LogP contribution is 2.25. The Morgan fingerprint density at radius 2 is 1.76 bits per heavy atom. The Hall–Kier alpha value is -3.47. The number of hydrogen-bond donors (Lipinski definition) is 1. The molecule has 2 aromatic carbocycles. The molecule has 0 aliphatic carbocycles. The van der Waals surface area contributed by atoms with Gasteiger partial charge in [0.05, 0.1) is 18.0 Å².